The summed E-state index contributed by atoms with van der Waals surface area (Å²) in [6, 6.07) is 4.06. The van der Waals surface area contributed by atoms with Crippen molar-refractivity contribution in [1.82, 2.24) is 5.32 Å². The molecule has 0 spiro atoms. The minimum atomic E-state index is -0.327. The van der Waals surface area contributed by atoms with E-state index in [0.717, 1.165) is 0 Å². The van der Waals surface area contributed by atoms with E-state index in [2.05, 4.69) is 5.32 Å². The molecule has 0 amide bonds. The Morgan fingerprint density at radius 3 is 2.93 bits per heavy atom. The van der Waals surface area contributed by atoms with Gasteiger partial charge in [-0.15, -0.1) is 0 Å². The molecule has 0 radical (unpaired) electrons. The Morgan fingerprint density at radius 1 is 1.53 bits per heavy atom. The highest BCUT2D eigenvalue weighted by Gasteiger charge is 2.04. The number of hydrogen-bond acceptors (Lipinski definition) is 3. The summed E-state index contributed by atoms with van der Waals surface area (Å²) in [5.41, 5.74) is 5.97. The van der Waals surface area contributed by atoms with Crippen LogP contribution in [0.2, 0.25) is 5.02 Å². The fourth-order valence-electron chi connectivity index (χ4n) is 1.14. The average Bonchev–Trinajstić information content (AvgIpc) is 2.23. The second-order valence-electron chi connectivity index (χ2n) is 3.31. The number of benzene rings is 1. The molecule has 1 rings (SSSR count). The molecule has 15 heavy (non-hydrogen) atoms. The van der Waals surface area contributed by atoms with Crippen molar-refractivity contribution < 1.29 is 9.50 Å². The van der Waals surface area contributed by atoms with Gasteiger partial charge in [-0.2, -0.15) is 0 Å². The summed E-state index contributed by atoms with van der Waals surface area (Å²) in [7, 11) is 0. The van der Waals surface area contributed by atoms with Crippen LogP contribution in [-0.2, 0) is 6.54 Å². The van der Waals surface area contributed by atoms with Gasteiger partial charge in [0.15, 0.2) is 0 Å². The first-order valence-corrected chi connectivity index (χ1v) is 5.02. The van der Waals surface area contributed by atoms with E-state index in [1.54, 1.807) is 6.07 Å². The van der Waals surface area contributed by atoms with Gasteiger partial charge in [-0.1, -0.05) is 11.6 Å². The van der Waals surface area contributed by atoms with Crippen molar-refractivity contribution in [2.75, 3.05) is 13.2 Å². The average molecular weight is 233 g/mol. The minimum absolute atomic E-state index is 0.0922. The summed E-state index contributed by atoms with van der Waals surface area (Å²) in [6.45, 7) is 0.688. The fourth-order valence-corrected chi connectivity index (χ4v) is 1.33. The number of halogens is 2. The molecule has 1 aromatic carbocycles. The summed E-state index contributed by atoms with van der Waals surface area (Å²) < 4.78 is 13.2. The van der Waals surface area contributed by atoms with Crippen LogP contribution < -0.4 is 11.1 Å². The molecule has 1 atom stereocenters. The Labute approximate surface area is 93.0 Å². The summed E-state index contributed by atoms with van der Waals surface area (Å²) in [4.78, 5) is 0. The van der Waals surface area contributed by atoms with Gasteiger partial charge in [-0.05, 0) is 18.2 Å². The van der Waals surface area contributed by atoms with E-state index in [1.807, 2.05) is 0 Å². The first kappa shape index (κ1) is 12.4. The zero-order valence-corrected chi connectivity index (χ0v) is 8.97. The maximum atomic E-state index is 13.2. The van der Waals surface area contributed by atoms with Gasteiger partial charge in [0, 0.05) is 29.7 Å². The van der Waals surface area contributed by atoms with E-state index in [9.17, 15) is 4.39 Å². The fraction of sp³-hybridized carbons (Fsp3) is 0.400. The molecule has 4 N–H and O–H groups in total. The summed E-state index contributed by atoms with van der Waals surface area (Å²) in [5.74, 6) is -0.301. The maximum Gasteiger partial charge on any atom is 0.127 e. The van der Waals surface area contributed by atoms with Crippen LogP contribution in [-0.4, -0.2) is 24.3 Å². The lowest BCUT2D eigenvalue weighted by atomic mass is 10.2. The van der Waals surface area contributed by atoms with E-state index in [4.69, 9.17) is 22.4 Å². The Bertz CT molecular complexity index is 322. The largest absolute Gasteiger partial charge is 0.395 e. The van der Waals surface area contributed by atoms with Gasteiger partial charge in [0.05, 0.1) is 6.61 Å². The lowest BCUT2D eigenvalue weighted by Crippen LogP contribution is -2.36. The van der Waals surface area contributed by atoms with Crippen molar-refractivity contribution in [1.29, 1.82) is 0 Å². The molecular formula is C10H14ClFN2O. The molecule has 0 aliphatic heterocycles. The van der Waals surface area contributed by atoms with Crippen LogP contribution in [0.25, 0.3) is 0 Å². The second kappa shape index (κ2) is 6.02. The number of rotatable bonds is 5. The SMILES string of the molecule is NC(CO)CNCc1cc(Cl)ccc1F. The predicted molar refractivity (Wildman–Crippen MR) is 58.2 cm³/mol. The Kier molecular flexibility index (Phi) is 4.98. The Balaban J connectivity index is 2.46. The van der Waals surface area contributed by atoms with Crippen LogP contribution in [0.5, 0.6) is 0 Å². The molecule has 0 saturated heterocycles. The first-order chi connectivity index (χ1) is 7.13. The van der Waals surface area contributed by atoms with Crippen LogP contribution in [0, 0.1) is 5.82 Å². The highest BCUT2D eigenvalue weighted by molar-refractivity contribution is 6.30. The number of nitrogens with one attached hydrogen (secondary N) is 1. The molecule has 84 valence electrons. The van der Waals surface area contributed by atoms with Crippen LogP contribution in [0.15, 0.2) is 18.2 Å². The standard InChI is InChI=1S/C10H14ClFN2O/c11-8-1-2-10(12)7(3-8)4-14-5-9(13)6-15/h1-3,9,14-15H,4-6,13H2. The Hall–Kier alpha value is -0.680. The number of nitrogens with two attached hydrogens (primary N) is 1. The Morgan fingerprint density at radius 2 is 2.27 bits per heavy atom. The molecule has 0 heterocycles. The van der Waals surface area contributed by atoms with Crippen molar-refractivity contribution in [3.63, 3.8) is 0 Å². The molecule has 0 bridgehead atoms. The van der Waals surface area contributed by atoms with Gasteiger partial charge in [0.1, 0.15) is 5.82 Å². The number of aliphatic hydroxyl groups is 1. The second-order valence-corrected chi connectivity index (χ2v) is 3.75. The molecule has 1 aromatic rings. The lowest BCUT2D eigenvalue weighted by molar-refractivity contribution is 0.262. The van der Waals surface area contributed by atoms with Crippen molar-refractivity contribution in [2.45, 2.75) is 12.6 Å². The van der Waals surface area contributed by atoms with Gasteiger partial charge >= 0.3 is 0 Å². The zero-order chi connectivity index (χ0) is 11.3. The van der Waals surface area contributed by atoms with Crippen molar-refractivity contribution in [2.24, 2.45) is 5.73 Å². The number of hydrogen-bond donors (Lipinski definition) is 3. The quantitative estimate of drug-likeness (QED) is 0.707. The normalized spacial score (nSPS) is 12.8. The van der Waals surface area contributed by atoms with E-state index in [0.29, 0.717) is 23.7 Å². The third kappa shape index (κ3) is 4.13. The van der Waals surface area contributed by atoms with Gasteiger partial charge < -0.3 is 16.2 Å². The summed E-state index contributed by atoms with van der Waals surface area (Å²) in [6.07, 6.45) is 0. The summed E-state index contributed by atoms with van der Waals surface area (Å²) in [5, 5.41) is 12.1. The highest BCUT2D eigenvalue weighted by atomic mass is 35.5. The molecule has 0 aliphatic carbocycles. The molecule has 3 nitrogen and oxygen atoms in total. The van der Waals surface area contributed by atoms with Gasteiger partial charge in [0.25, 0.3) is 0 Å². The molecule has 0 saturated carbocycles. The van der Waals surface area contributed by atoms with Crippen molar-refractivity contribution in [3.8, 4) is 0 Å². The van der Waals surface area contributed by atoms with Crippen LogP contribution in [0.1, 0.15) is 5.56 Å². The zero-order valence-electron chi connectivity index (χ0n) is 8.21. The predicted octanol–water partition coefficient (Wildman–Crippen LogP) is 0.888. The molecule has 5 heteroatoms. The van der Waals surface area contributed by atoms with Crippen LogP contribution >= 0.6 is 11.6 Å². The third-order valence-electron chi connectivity index (χ3n) is 1.96. The molecular weight excluding hydrogens is 219 g/mol. The van der Waals surface area contributed by atoms with Crippen molar-refractivity contribution in [3.05, 3.63) is 34.6 Å². The molecule has 0 fully saturated rings. The van der Waals surface area contributed by atoms with E-state index in [1.165, 1.54) is 12.1 Å². The lowest BCUT2D eigenvalue weighted by Gasteiger charge is -2.10. The van der Waals surface area contributed by atoms with E-state index < -0.39 is 0 Å². The minimum Gasteiger partial charge on any atom is -0.395 e. The summed E-state index contributed by atoms with van der Waals surface area (Å²) >= 11 is 5.73. The van der Waals surface area contributed by atoms with Gasteiger partial charge in [0.2, 0.25) is 0 Å². The van der Waals surface area contributed by atoms with Crippen LogP contribution in [0.3, 0.4) is 0 Å². The molecule has 1 unspecified atom stereocenters. The van der Waals surface area contributed by atoms with E-state index in [-0.39, 0.29) is 18.5 Å². The maximum absolute atomic E-state index is 13.2. The third-order valence-corrected chi connectivity index (χ3v) is 2.20. The topological polar surface area (TPSA) is 58.3 Å². The van der Waals surface area contributed by atoms with Gasteiger partial charge in [-0.3, -0.25) is 0 Å². The molecule has 0 aliphatic rings. The number of aliphatic hydroxyl groups excluding tert-OH is 1. The van der Waals surface area contributed by atoms with Crippen LogP contribution in [0.4, 0.5) is 4.39 Å². The smallest absolute Gasteiger partial charge is 0.127 e. The van der Waals surface area contributed by atoms with Crippen molar-refractivity contribution >= 4 is 11.6 Å². The van der Waals surface area contributed by atoms with Gasteiger partial charge in [-0.25, -0.2) is 4.39 Å². The van der Waals surface area contributed by atoms with E-state index >= 15 is 0 Å². The highest BCUT2D eigenvalue weighted by Crippen LogP contribution is 2.14. The molecule has 0 aromatic heterocycles. The monoisotopic (exact) mass is 232 g/mol. The first-order valence-electron chi connectivity index (χ1n) is 4.64.